The van der Waals surface area contributed by atoms with Crippen LogP contribution in [-0.4, -0.2) is 175 Å². The Bertz CT molecular complexity index is 2620. The fraction of sp³-hybridized carbons (Fsp3) is 0.512. The van der Waals surface area contributed by atoms with E-state index in [1.54, 1.807) is 12.3 Å². The zero-order chi connectivity index (χ0) is 61.6. The minimum absolute atomic E-state index is 0.00454. The van der Waals surface area contributed by atoms with Crippen LogP contribution in [0.1, 0.15) is 49.8 Å². The van der Waals surface area contributed by atoms with Crippen LogP contribution in [0.15, 0.2) is 43.1 Å². The number of rotatable bonds is 8. The van der Waals surface area contributed by atoms with Crippen LogP contribution >= 0.6 is 0 Å². The number of alkyl halides is 18. The summed E-state index contributed by atoms with van der Waals surface area (Å²) < 4.78 is 208. The largest absolute Gasteiger partial charge is 0.490 e. The number of nitrogens with one attached hydrogen (secondary N) is 1. The molecule has 0 unspecified atom stereocenters. The highest BCUT2D eigenvalue weighted by Gasteiger charge is 2.49. The summed E-state index contributed by atoms with van der Waals surface area (Å²) in [6.07, 6.45) is -19.6. The number of hydrogen-bond donors (Lipinski definition) is 7. The number of carboxylic acid groups (broad SMARTS) is 5. The molecule has 0 radical (unpaired) electrons. The highest BCUT2D eigenvalue weighted by molar-refractivity contribution is 5.90. The van der Waals surface area contributed by atoms with E-state index in [1.807, 2.05) is 28.0 Å². The number of likely N-dealkylation sites (tertiary alicyclic amines) is 2. The molecule has 7 rings (SSSR count). The first-order valence-corrected chi connectivity index (χ1v) is 21.5. The summed E-state index contributed by atoms with van der Waals surface area (Å²) in [5, 5.41) is 60.7. The maximum absolute atomic E-state index is 13.7. The van der Waals surface area contributed by atoms with Gasteiger partial charge in [0.15, 0.2) is 0 Å². The van der Waals surface area contributed by atoms with Gasteiger partial charge in [-0.3, -0.25) is 14.5 Å². The third kappa shape index (κ3) is 21.8. The summed E-state index contributed by atoms with van der Waals surface area (Å²) in [5.41, 5.74) is 1.47. The predicted molar refractivity (Wildman–Crippen MR) is 225 cm³/mol. The smallest absolute Gasteiger partial charge is 0.475 e. The van der Waals surface area contributed by atoms with E-state index in [1.165, 1.54) is 6.33 Å². The molecule has 1 saturated carbocycles. The molecule has 2 saturated heterocycles. The summed E-state index contributed by atoms with van der Waals surface area (Å²) in [6, 6.07) is 7.24. The van der Waals surface area contributed by atoms with Gasteiger partial charge in [-0.15, -0.1) is 0 Å². The van der Waals surface area contributed by atoms with Gasteiger partial charge in [0, 0.05) is 68.2 Å². The van der Waals surface area contributed by atoms with Gasteiger partial charge in [0.1, 0.15) is 29.3 Å². The van der Waals surface area contributed by atoms with Gasteiger partial charge in [0.25, 0.3) is 0 Å². The zero-order valence-corrected chi connectivity index (χ0v) is 39.6. The van der Waals surface area contributed by atoms with Crippen molar-refractivity contribution >= 4 is 40.9 Å². The molecule has 80 heavy (non-hydrogen) atoms. The number of halogens is 18. The first-order chi connectivity index (χ1) is 36.4. The lowest BCUT2D eigenvalue weighted by Crippen LogP contribution is -2.65. The molecule has 3 fully saturated rings. The zero-order valence-electron chi connectivity index (χ0n) is 39.6. The van der Waals surface area contributed by atoms with Crippen LogP contribution in [0.5, 0.6) is 5.88 Å². The molecule has 3 aliphatic rings. The third-order valence-corrected chi connectivity index (χ3v) is 10.6. The fourth-order valence-corrected chi connectivity index (χ4v) is 7.03. The van der Waals surface area contributed by atoms with Crippen molar-refractivity contribution in [1.82, 2.24) is 39.5 Å². The maximum atomic E-state index is 13.7. The van der Waals surface area contributed by atoms with Crippen molar-refractivity contribution in [2.24, 2.45) is 0 Å². The topological polar surface area (TPSA) is 319 Å². The summed E-state index contributed by atoms with van der Waals surface area (Å²) >= 11 is 0. The van der Waals surface area contributed by atoms with Gasteiger partial charge in [0.2, 0.25) is 5.88 Å². The number of aliphatic carboxylic acids is 5. The maximum Gasteiger partial charge on any atom is 0.490 e. The molecule has 0 aromatic carbocycles. The van der Waals surface area contributed by atoms with E-state index in [4.69, 9.17) is 54.2 Å². The Kier molecular flexibility index (Phi) is 23.4. The Labute approximate surface area is 433 Å². The van der Waals surface area contributed by atoms with Gasteiger partial charge >= 0.3 is 66.9 Å². The molecule has 0 amide bonds. The quantitative estimate of drug-likeness (QED) is 0.0852. The molecule has 6 heterocycles. The first kappa shape index (κ1) is 68.3. The standard InChI is InChI=1S/C31H34F3N9O2.5C2HF3O2/c32-31(33,34)26-11-20(14-41-10-6-23(44)16-41)12-27(40-26)45-24-3-1-22(2-4-24)42-17-30(18-42,7-8-35)43-15-21(13-39-43)28-25-5-9-36-29(25)38-19-37-28;5*3-2(4,5)1(6)7/h5,9,11-13,15,19,22-24,44H,1-4,6-7,10,14,16-18H2,(H,36,37,38);5*(H,6,7)/t22-,23-,24+;;;;;/m1...../s1. The molecule has 0 spiro atoms. The van der Waals surface area contributed by atoms with E-state index in [0.717, 1.165) is 41.2 Å². The molecule has 39 heteroatoms. The second kappa shape index (κ2) is 27.4. The Morgan fingerprint density at radius 3 is 1.60 bits per heavy atom. The van der Waals surface area contributed by atoms with Crippen LogP contribution in [0.3, 0.4) is 0 Å². The number of ether oxygens (including phenoxy) is 1. The van der Waals surface area contributed by atoms with Crippen molar-refractivity contribution in [3.8, 4) is 23.2 Å². The number of aliphatic hydroxyl groups is 1. The summed E-state index contributed by atoms with van der Waals surface area (Å²) in [5.74, 6) is -13.8. The van der Waals surface area contributed by atoms with Gasteiger partial charge in [0.05, 0.1) is 30.5 Å². The molecule has 4 aromatic rings. The number of fused-ring (bicyclic) bond motifs is 1. The fourth-order valence-electron chi connectivity index (χ4n) is 7.03. The van der Waals surface area contributed by atoms with Crippen molar-refractivity contribution in [2.75, 3.05) is 26.2 Å². The number of nitriles is 1. The van der Waals surface area contributed by atoms with Crippen molar-refractivity contribution in [2.45, 2.75) is 106 Å². The Balaban J connectivity index is 0.000000504. The molecule has 1 aliphatic carbocycles. The highest BCUT2D eigenvalue weighted by atomic mass is 19.4. The number of aromatic nitrogens is 6. The number of pyridine rings is 1. The first-order valence-electron chi connectivity index (χ1n) is 21.5. The van der Waals surface area contributed by atoms with E-state index >= 15 is 0 Å². The van der Waals surface area contributed by atoms with Crippen LogP contribution in [0.2, 0.25) is 0 Å². The number of nitrogens with zero attached hydrogens (tertiary/aromatic N) is 8. The van der Waals surface area contributed by atoms with Crippen LogP contribution in [-0.2, 0) is 42.2 Å². The minimum atomic E-state index is -5.08. The number of aromatic amines is 1. The summed E-state index contributed by atoms with van der Waals surface area (Å²) in [4.78, 5) is 64.4. The molecule has 1 atom stereocenters. The Morgan fingerprint density at radius 1 is 0.713 bits per heavy atom. The van der Waals surface area contributed by atoms with E-state index < -0.39 is 84.2 Å². The lowest BCUT2D eigenvalue weighted by atomic mass is 9.82. The lowest BCUT2D eigenvalue weighted by molar-refractivity contribution is -0.193. The molecular weight excluding hydrogens is 1150 g/mol. The predicted octanol–water partition coefficient (Wildman–Crippen LogP) is 7.28. The monoisotopic (exact) mass is 1190 g/mol. The molecular formula is C41H39F18N9O12. The number of aliphatic hydroxyl groups excluding tert-OH is 1. The summed E-state index contributed by atoms with van der Waals surface area (Å²) in [7, 11) is 0. The third-order valence-electron chi connectivity index (χ3n) is 10.6. The van der Waals surface area contributed by atoms with Crippen molar-refractivity contribution in [1.29, 1.82) is 5.26 Å². The van der Waals surface area contributed by atoms with Crippen LogP contribution in [0, 0.1) is 11.3 Å². The van der Waals surface area contributed by atoms with Crippen molar-refractivity contribution in [3.63, 3.8) is 0 Å². The molecule has 21 nitrogen and oxygen atoms in total. The number of carboxylic acids is 5. The van der Waals surface area contributed by atoms with Gasteiger partial charge < -0.3 is 40.4 Å². The lowest BCUT2D eigenvalue weighted by Gasteiger charge is -2.53. The van der Waals surface area contributed by atoms with Crippen LogP contribution < -0.4 is 4.74 Å². The van der Waals surface area contributed by atoms with Gasteiger partial charge in [-0.2, -0.15) is 89.4 Å². The average molecular weight is 1190 g/mol. The number of β-amino-alcohol motifs (C(OH)–C–C–N with tert-alkyl or cyclic N) is 1. The normalized spacial score (nSPS) is 18.4. The Hall–Kier alpha value is -7.76. The second-order valence-electron chi connectivity index (χ2n) is 16.5. The molecule has 7 N–H and O–H groups in total. The summed E-state index contributed by atoms with van der Waals surface area (Å²) in [6.45, 7) is 2.75. The number of carbonyl (C=O) groups is 5. The van der Waals surface area contributed by atoms with Crippen molar-refractivity contribution in [3.05, 3.63) is 54.4 Å². The van der Waals surface area contributed by atoms with Gasteiger partial charge in [-0.05, 0) is 49.8 Å². The Morgan fingerprint density at radius 2 is 1.19 bits per heavy atom. The average Bonchev–Trinajstić information content (AvgIpc) is 4.09. The second-order valence-corrected chi connectivity index (χ2v) is 16.5. The van der Waals surface area contributed by atoms with Crippen LogP contribution in [0.4, 0.5) is 79.0 Å². The van der Waals surface area contributed by atoms with E-state index in [2.05, 4.69) is 36.0 Å². The molecule has 446 valence electrons. The van der Waals surface area contributed by atoms with Gasteiger partial charge in [-0.25, -0.2) is 38.9 Å². The highest BCUT2D eigenvalue weighted by Crippen LogP contribution is 2.39. The SMILES string of the molecule is N#CCC1(n2cc(-c3ncnc4[nH]ccc34)cn2)CN([C@H]2CC[C@@H](Oc3cc(CN4CC[C@@H](O)C4)cc(C(F)(F)F)n3)CC2)C1.O=C(O)C(F)(F)F.O=C(O)C(F)(F)F.O=C(O)C(F)(F)F.O=C(O)C(F)(F)F.O=C(O)C(F)(F)F. The van der Waals surface area contributed by atoms with Crippen LogP contribution in [0.25, 0.3) is 22.3 Å². The number of H-pyrrole nitrogens is 1. The molecule has 4 aromatic heterocycles. The molecule has 2 aliphatic heterocycles. The minimum Gasteiger partial charge on any atom is -0.475 e. The van der Waals surface area contributed by atoms with E-state index in [0.29, 0.717) is 70.0 Å². The van der Waals surface area contributed by atoms with E-state index in [9.17, 15) is 89.4 Å². The number of hydrogen-bond acceptors (Lipinski definition) is 14. The van der Waals surface area contributed by atoms with Gasteiger partial charge in [-0.1, -0.05) is 0 Å². The molecule has 0 bridgehead atoms. The van der Waals surface area contributed by atoms with Crippen molar-refractivity contribution < 1.29 is 138 Å². The van der Waals surface area contributed by atoms with E-state index in [-0.39, 0.29) is 12.0 Å².